The van der Waals surface area contributed by atoms with Crippen LogP contribution in [0.25, 0.3) is 11.1 Å². The molecule has 176 valence electrons. The van der Waals surface area contributed by atoms with Gasteiger partial charge in [-0.3, -0.25) is 14.6 Å². The van der Waals surface area contributed by atoms with Crippen LogP contribution in [0.4, 0.5) is 10.5 Å². The van der Waals surface area contributed by atoms with Crippen molar-refractivity contribution in [3.05, 3.63) is 64.1 Å². The number of fused-ring (bicyclic) bond motifs is 3. The molecule has 2 aliphatic heterocycles. The first-order chi connectivity index (χ1) is 16.3. The monoisotopic (exact) mass is 464 g/mol. The highest BCUT2D eigenvalue weighted by molar-refractivity contribution is 5.94. The summed E-state index contributed by atoms with van der Waals surface area (Å²) in [7, 11) is 0. The van der Waals surface area contributed by atoms with Crippen molar-refractivity contribution in [3.63, 3.8) is 0 Å². The summed E-state index contributed by atoms with van der Waals surface area (Å²) in [5, 5.41) is 15.6. The highest BCUT2D eigenvalue weighted by Gasteiger charge is 2.42. The Balaban J connectivity index is 1.26. The number of hydrogen-bond acceptors (Lipinski definition) is 5. The number of oxazole rings is 1. The number of para-hydroxylation sites is 1. The van der Waals surface area contributed by atoms with E-state index in [1.54, 1.807) is 23.1 Å². The zero-order valence-corrected chi connectivity index (χ0v) is 18.3. The van der Waals surface area contributed by atoms with Crippen LogP contribution < -0.4 is 16.4 Å². The molecular formula is C24H24N4O6. The van der Waals surface area contributed by atoms with Gasteiger partial charge in [0, 0.05) is 30.8 Å². The minimum absolute atomic E-state index is 0.137. The summed E-state index contributed by atoms with van der Waals surface area (Å²) in [5.74, 6) is -2.78. The fraction of sp³-hybridized carbons (Fsp3) is 0.333. The van der Waals surface area contributed by atoms with Crippen LogP contribution in [0.2, 0.25) is 0 Å². The van der Waals surface area contributed by atoms with Gasteiger partial charge in [0.1, 0.15) is 0 Å². The molecule has 3 aromatic rings. The number of benzene rings is 2. The van der Waals surface area contributed by atoms with Gasteiger partial charge in [0.2, 0.25) is 5.91 Å². The fourth-order valence-electron chi connectivity index (χ4n) is 4.97. The van der Waals surface area contributed by atoms with E-state index in [0.29, 0.717) is 42.6 Å². The molecule has 1 saturated heterocycles. The minimum Gasteiger partial charge on any atom is -0.481 e. The van der Waals surface area contributed by atoms with Crippen molar-refractivity contribution in [2.45, 2.75) is 31.2 Å². The average molecular weight is 464 g/mol. The molecule has 3 heterocycles. The summed E-state index contributed by atoms with van der Waals surface area (Å²) >= 11 is 0. The van der Waals surface area contributed by atoms with Gasteiger partial charge in [0.25, 0.3) is 0 Å². The summed E-state index contributed by atoms with van der Waals surface area (Å²) in [6.07, 6.45) is 1.09. The number of carboxylic acid groups (broad SMARTS) is 1. The number of rotatable bonds is 5. The Hall–Kier alpha value is -4.08. The van der Waals surface area contributed by atoms with E-state index in [0.717, 1.165) is 11.3 Å². The van der Waals surface area contributed by atoms with Gasteiger partial charge >= 0.3 is 17.8 Å². The van der Waals surface area contributed by atoms with Crippen LogP contribution in [-0.2, 0) is 21.5 Å². The number of H-pyrrole nitrogens is 1. The van der Waals surface area contributed by atoms with E-state index < -0.39 is 23.2 Å². The number of urea groups is 1. The molecule has 0 radical (unpaired) electrons. The number of amides is 3. The Morgan fingerprint density at radius 3 is 2.65 bits per heavy atom. The molecule has 34 heavy (non-hydrogen) atoms. The standard InChI is InChI=1S/C24H24N4O6/c29-20(13-15(21(30)31)11-14-5-6-18-19(12-14)34-23(33)26-18)28-9-7-24(8-10-28)16-3-1-2-4-17(16)25-22(32)27-24/h1-6,12,15H,7-11,13H2,(H,26,33)(H,30,31)(H2,25,27,32). The first-order valence-electron chi connectivity index (χ1n) is 11.1. The highest BCUT2D eigenvalue weighted by atomic mass is 16.4. The molecule has 1 atom stereocenters. The van der Waals surface area contributed by atoms with Gasteiger partial charge in [-0.1, -0.05) is 24.3 Å². The Kier molecular flexibility index (Phi) is 5.35. The van der Waals surface area contributed by atoms with Gasteiger partial charge < -0.3 is 25.1 Å². The summed E-state index contributed by atoms with van der Waals surface area (Å²) < 4.78 is 5.05. The largest absolute Gasteiger partial charge is 0.481 e. The van der Waals surface area contributed by atoms with Gasteiger partial charge in [-0.15, -0.1) is 0 Å². The lowest BCUT2D eigenvalue weighted by Gasteiger charge is -2.45. The number of nitrogens with zero attached hydrogens (tertiary/aromatic N) is 1. The van der Waals surface area contributed by atoms with Crippen molar-refractivity contribution in [3.8, 4) is 0 Å². The Labute approximate surface area is 193 Å². The van der Waals surface area contributed by atoms with Gasteiger partial charge in [-0.25, -0.2) is 9.59 Å². The van der Waals surface area contributed by atoms with E-state index in [9.17, 15) is 24.3 Å². The Morgan fingerprint density at radius 2 is 1.88 bits per heavy atom. The van der Waals surface area contributed by atoms with E-state index in [1.807, 2.05) is 24.3 Å². The van der Waals surface area contributed by atoms with Crippen LogP contribution in [0.1, 0.15) is 30.4 Å². The van der Waals surface area contributed by atoms with Crippen LogP contribution in [0, 0.1) is 5.92 Å². The summed E-state index contributed by atoms with van der Waals surface area (Å²) in [6, 6.07) is 12.4. The molecule has 1 spiro atoms. The number of likely N-dealkylation sites (tertiary alicyclic amines) is 1. The fourth-order valence-corrected chi connectivity index (χ4v) is 4.97. The topological polar surface area (TPSA) is 145 Å². The molecule has 1 aromatic heterocycles. The molecular weight excluding hydrogens is 440 g/mol. The quantitative estimate of drug-likeness (QED) is 0.456. The number of aliphatic carboxylic acids is 1. The number of piperidine rings is 1. The van der Waals surface area contributed by atoms with Crippen LogP contribution in [-0.4, -0.2) is 46.0 Å². The van der Waals surface area contributed by atoms with Crippen LogP contribution in [0.5, 0.6) is 0 Å². The molecule has 1 fully saturated rings. The summed E-state index contributed by atoms with van der Waals surface area (Å²) in [4.78, 5) is 52.7. The summed E-state index contributed by atoms with van der Waals surface area (Å²) in [5.41, 5.74) is 2.78. The number of aromatic amines is 1. The molecule has 2 aromatic carbocycles. The van der Waals surface area contributed by atoms with Crippen LogP contribution >= 0.6 is 0 Å². The van der Waals surface area contributed by atoms with Crippen LogP contribution in [0.3, 0.4) is 0 Å². The number of hydrogen-bond donors (Lipinski definition) is 4. The molecule has 0 aliphatic carbocycles. The maximum absolute atomic E-state index is 13.0. The smallest absolute Gasteiger partial charge is 0.417 e. The third-order valence-electron chi connectivity index (χ3n) is 6.75. The second-order valence-corrected chi connectivity index (χ2v) is 8.88. The predicted molar refractivity (Wildman–Crippen MR) is 122 cm³/mol. The zero-order chi connectivity index (χ0) is 23.9. The van der Waals surface area contributed by atoms with Crippen molar-refractivity contribution in [2.24, 2.45) is 5.92 Å². The summed E-state index contributed by atoms with van der Waals surface area (Å²) in [6.45, 7) is 0.834. The Morgan fingerprint density at radius 1 is 1.12 bits per heavy atom. The number of aromatic nitrogens is 1. The molecule has 3 amide bonds. The first kappa shape index (κ1) is 21.7. The molecule has 0 bridgehead atoms. The normalized spacial score (nSPS) is 17.6. The number of nitrogens with one attached hydrogen (secondary N) is 3. The zero-order valence-electron chi connectivity index (χ0n) is 18.3. The van der Waals surface area contributed by atoms with Crippen LogP contribution in [0.15, 0.2) is 51.7 Å². The van der Waals surface area contributed by atoms with Crippen molar-refractivity contribution < 1.29 is 23.9 Å². The Bertz CT molecular complexity index is 1330. The second-order valence-electron chi connectivity index (χ2n) is 8.88. The molecule has 1 unspecified atom stereocenters. The molecule has 10 nitrogen and oxygen atoms in total. The van der Waals surface area contributed by atoms with Crippen molar-refractivity contribution in [2.75, 3.05) is 18.4 Å². The van der Waals surface area contributed by atoms with Crippen molar-refractivity contribution in [1.29, 1.82) is 0 Å². The third-order valence-corrected chi connectivity index (χ3v) is 6.75. The maximum atomic E-state index is 13.0. The molecule has 4 N–H and O–H groups in total. The minimum atomic E-state index is -1.06. The number of carbonyl (C=O) groups excluding carboxylic acids is 2. The van der Waals surface area contributed by atoms with E-state index >= 15 is 0 Å². The lowest BCUT2D eigenvalue weighted by Crippen LogP contribution is -2.57. The number of carboxylic acids is 1. The number of anilines is 1. The van der Waals surface area contributed by atoms with E-state index in [1.165, 1.54) is 0 Å². The number of carbonyl (C=O) groups is 3. The van der Waals surface area contributed by atoms with Gasteiger partial charge in [0.15, 0.2) is 5.58 Å². The van der Waals surface area contributed by atoms with Crippen molar-refractivity contribution in [1.82, 2.24) is 15.2 Å². The van der Waals surface area contributed by atoms with E-state index in [2.05, 4.69) is 15.6 Å². The predicted octanol–water partition coefficient (Wildman–Crippen LogP) is 2.41. The van der Waals surface area contributed by atoms with E-state index in [-0.39, 0.29) is 24.8 Å². The van der Waals surface area contributed by atoms with Gasteiger partial charge in [-0.2, -0.15) is 0 Å². The second kappa shape index (κ2) is 8.36. The average Bonchev–Trinajstić information content (AvgIpc) is 3.18. The molecule has 5 rings (SSSR count). The third kappa shape index (κ3) is 4.02. The van der Waals surface area contributed by atoms with Crippen molar-refractivity contribution >= 4 is 34.7 Å². The highest BCUT2D eigenvalue weighted by Crippen LogP contribution is 2.39. The molecule has 10 heteroatoms. The first-order valence-corrected chi connectivity index (χ1v) is 11.1. The molecule has 2 aliphatic rings. The SMILES string of the molecule is O=C1Nc2ccccc2C2(CCN(C(=O)CC(Cc3ccc4[nH]c(=O)oc4c3)C(=O)O)CC2)N1. The lowest BCUT2D eigenvalue weighted by atomic mass is 9.79. The van der Waals surface area contributed by atoms with Gasteiger partial charge in [0.05, 0.1) is 17.0 Å². The lowest BCUT2D eigenvalue weighted by molar-refractivity contribution is -0.146. The van der Waals surface area contributed by atoms with E-state index in [4.69, 9.17) is 4.42 Å². The maximum Gasteiger partial charge on any atom is 0.417 e. The molecule has 0 saturated carbocycles. The van der Waals surface area contributed by atoms with Gasteiger partial charge in [-0.05, 0) is 43.0 Å².